The molecule has 0 atom stereocenters. The van der Waals surface area contributed by atoms with E-state index in [1.165, 1.54) is 36.4 Å². The number of hydrogen-bond acceptors (Lipinski definition) is 7. The Balaban J connectivity index is 1.86. The number of hydrogen-bond donors (Lipinski definition) is 2. The second-order valence-electron chi connectivity index (χ2n) is 7.79. The fourth-order valence-corrected chi connectivity index (χ4v) is 4.51. The summed E-state index contributed by atoms with van der Waals surface area (Å²) in [4.78, 5) is 10.7. The number of nitro benzene ring substituents is 1. The minimum absolute atomic E-state index is 0.0148. The lowest BCUT2D eigenvalue weighted by atomic mass is 10.1. The molecule has 0 aromatic heterocycles. The van der Waals surface area contributed by atoms with E-state index in [-0.39, 0.29) is 16.3 Å². The molecule has 0 amide bonds. The Kier molecular flexibility index (Phi) is 8.20. The Hall–Kier alpha value is -4.06. The molecule has 2 N–H and O–H groups in total. The number of alkyl halides is 2. The molecule has 0 heterocycles. The van der Waals surface area contributed by atoms with Crippen LogP contribution in [-0.2, 0) is 10.0 Å². The molecule has 36 heavy (non-hydrogen) atoms. The van der Waals surface area contributed by atoms with Gasteiger partial charge in [0, 0.05) is 6.07 Å². The molecular weight excluding hydrogens is 494 g/mol. The van der Waals surface area contributed by atoms with Gasteiger partial charge in [0.2, 0.25) is 0 Å². The first-order chi connectivity index (χ1) is 17.0. The molecule has 3 aromatic carbocycles. The summed E-state index contributed by atoms with van der Waals surface area (Å²) in [5, 5.41) is 15.9. The van der Waals surface area contributed by atoms with E-state index in [2.05, 4.69) is 20.0 Å². The van der Waals surface area contributed by atoms with Gasteiger partial charge < -0.3 is 4.74 Å². The van der Waals surface area contributed by atoms with Crippen LogP contribution in [0.4, 0.5) is 25.8 Å². The molecule has 9 nitrogen and oxygen atoms in total. The molecule has 0 radical (unpaired) electrons. The van der Waals surface area contributed by atoms with Gasteiger partial charge in [0.1, 0.15) is 11.4 Å². The van der Waals surface area contributed by atoms with Gasteiger partial charge in [-0.3, -0.25) is 20.3 Å². The Morgan fingerprint density at radius 2 is 1.72 bits per heavy atom. The predicted molar refractivity (Wildman–Crippen MR) is 133 cm³/mol. The first-order valence-corrected chi connectivity index (χ1v) is 12.2. The third-order valence-corrected chi connectivity index (χ3v) is 6.52. The summed E-state index contributed by atoms with van der Waals surface area (Å²) in [6, 6.07) is 14.4. The third kappa shape index (κ3) is 6.54. The average molecular weight is 519 g/mol. The number of anilines is 2. The number of nitrogens with one attached hydrogen (secondary N) is 2. The van der Waals surface area contributed by atoms with Gasteiger partial charge in [0.05, 0.1) is 21.2 Å². The second kappa shape index (κ2) is 11.1. The van der Waals surface area contributed by atoms with Gasteiger partial charge >= 0.3 is 6.61 Å². The van der Waals surface area contributed by atoms with Gasteiger partial charge in [-0.05, 0) is 73.9 Å². The van der Waals surface area contributed by atoms with E-state index in [4.69, 9.17) is 0 Å². The van der Waals surface area contributed by atoms with Crippen molar-refractivity contribution < 1.29 is 26.9 Å². The predicted octanol–water partition coefficient (Wildman–Crippen LogP) is 5.84. The fraction of sp³-hybridized carbons (Fsp3) is 0.208. The summed E-state index contributed by atoms with van der Waals surface area (Å²) in [6.07, 6.45) is 0.419. The monoisotopic (exact) mass is 518 g/mol. The van der Waals surface area contributed by atoms with Gasteiger partial charge in [0.25, 0.3) is 15.7 Å². The van der Waals surface area contributed by atoms with E-state index in [1.807, 2.05) is 13.0 Å². The van der Waals surface area contributed by atoms with Crippen LogP contribution in [0, 0.1) is 24.0 Å². The van der Waals surface area contributed by atoms with Crippen molar-refractivity contribution in [3.63, 3.8) is 0 Å². The number of aryl methyl sites for hydroxylation is 2. The Bertz CT molecular complexity index is 1390. The van der Waals surface area contributed by atoms with Crippen molar-refractivity contribution in [3.05, 3.63) is 87.5 Å². The number of sulfonamides is 1. The van der Waals surface area contributed by atoms with Crippen LogP contribution in [0.2, 0.25) is 0 Å². The molecule has 12 heteroatoms. The average Bonchev–Trinajstić information content (AvgIpc) is 2.81. The summed E-state index contributed by atoms with van der Waals surface area (Å²) in [6.45, 7) is 2.49. The van der Waals surface area contributed by atoms with Gasteiger partial charge in [0.15, 0.2) is 0 Å². The van der Waals surface area contributed by atoms with Crippen LogP contribution in [0.5, 0.6) is 5.75 Å². The molecule has 3 rings (SSSR count). The standard InChI is InChI=1S/C24H24F2N4O5S/c1-4-20(17-6-8-18(9-7-17)35-24(25)26)27-28-22-12-10-19(14-23(22)30(31)32)36(33,34)29-21-11-5-15(2)13-16(21)3/h5-14,24,28-29H,4H2,1-3H3. The molecule has 0 aliphatic carbocycles. The van der Waals surface area contributed by atoms with Crippen LogP contribution < -0.4 is 14.9 Å². The Morgan fingerprint density at radius 1 is 1.06 bits per heavy atom. The topological polar surface area (TPSA) is 123 Å². The van der Waals surface area contributed by atoms with E-state index in [0.29, 0.717) is 28.9 Å². The number of benzene rings is 3. The highest BCUT2D eigenvalue weighted by Crippen LogP contribution is 2.29. The Labute approximate surface area is 207 Å². The highest BCUT2D eigenvalue weighted by molar-refractivity contribution is 7.92. The second-order valence-corrected chi connectivity index (χ2v) is 9.47. The number of nitro groups is 1. The van der Waals surface area contributed by atoms with Crippen molar-refractivity contribution in [2.24, 2.45) is 5.10 Å². The molecule has 0 fully saturated rings. The lowest BCUT2D eigenvalue weighted by molar-refractivity contribution is -0.384. The summed E-state index contributed by atoms with van der Waals surface area (Å²) in [7, 11) is -4.10. The van der Waals surface area contributed by atoms with E-state index in [0.717, 1.165) is 11.6 Å². The molecule has 0 spiro atoms. The summed E-state index contributed by atoms with van der Waals surface area (Å²) in [5.74, 6) is -0.0148. The first-order valence-electron chi connectivity index (χ1n) is 10.8. The van der Waals surface area contributed by atoms with Gasteiger partial charge in [-0.15, -0.1) is 0 Å². The molecule has 0 saturated heterocycles. The van der Waals surface area contributed by atoms with Gasteiger partial charge in [-0.1, -0.05) is 24.6 Å². The lowest BCUT2D eigenvalue weighted by Crippen LogP contribution is -2.14. The molecule has 3 aromatic rings. The summed E-state index contributed by atoms with van der Waals surface area (Å²) in [5.41, 5.74) is 5.23. The zero-order valence-corrected chi connectivity index (χ0v) is 20.5. The Morgan fingerprint density at radius 3 is 2.31 bits per heavy atom. The maximum Gasteiger partial charge on any atom is 0.387 e. The normalized spacial score (nSPS) is 11.9. The van der Waals surface area contributed by atoms with Crippen LogP contribution in [0.25, 0.3) is 0 Å². The van der Waals surface area contributed by atoms with Crippen molar-refractivity contribution in [1.82, 2.24) is 0 Å². The van der Waals surface area contributed by atoms with Crippen LogP contribution in [0.1, 0.15) is 30.0 Å². The molecule has 190 valence electrons. The van der Waals surface area contributed by atoms with Crippen molar-refractivity contribution in [2.45, 2.75) is 38.7 Å². The van der Waals surface area contributed by atoms with Crippen molar-refractivity contribution in [2.75, 3.05) is 10.1 Å². The van der Waals surface area contributed by atoms with E-state index >= 15 is 0 Å². The maximum absolute atomic E-state index is 12.9. The molecular formula is C24H24F2N4O5S. The van der Waals surface area contributed by atoms with E-state index < -0.39 is 27.2 Å². The van der Waals surface area contributed by atoms with Crippen LogP contribution in [-0.4, -0.2) is 25.7 Å². The largest absolute Gasteiger partial charge is 0.435 e. The van der Waals surface area contributed by atoms with Crippen molar-refractivity contribution in [3.8, 4) is 5.75 Å². The molecule has 0 unspecified atom stereocenters. The van der Waals surface area contributed by atoms with Crippen LogP contribution in [0.15, 0.2) is 70.7 Å². The zero-order chi connectivity index (χ0) is 26.5. The number of halogens is 2. The molecule has 0 saturated carbocycles. The summed E-state index contributed by atoms with van der Waals surface area (Å²) >= 11 is 0. The first kappa shape index (κ1) is 26.5. The van der Waals surface area contributed by atoms with Crippen molar-refractivity contribution in [1.29, 1.82) is 0 Å². The minimum atomic E-state index is -4.10. The number of ether oxygens (including phenoxy) is 1. The van der Waals surface area contributed by atoms with Crippen LogP contribution >= 0.6 is 0 Å². The zero-order valence-electron chi connectivity index (χ0n) is 19.7. The summed E-state index contributed by atoms with van der Waals surface area (Å²) < 4.78 is 57.2. The smallest absolute Gasteiger partial charge is 0.387 e. The lowest BCUT2D eigenvalue weighted by Gasteiger charge is -2.12. The molecule has 0 aliphatic heterocycles. The number of hydrazone groups is 1. The van der Waals surface area contributed by atoms with Crippen LogP contribution in [0.3, 0.4) is 0 Å². The highest BCUT2D eigenvalue weighted by atomic mass is 32.2. The third-order valence-electron chi connectivity index (χ3n) is 5.16. The SMILES string of the molecule is CCC(=NNc1ccc(S(=O)(=O)Nc2ccc(C)cc2C)cc1[N+](=O)[O-])c1ccc(OC(F)F)cc1. The van der Waals surface area contributed by atoms with Crippen molar-refractivity contribution >= 4 is 32.8 Å². The minimum Gasteiger partial charge on any atom is -0.435 e. The number of nitrogens with zero attached hydrogens (tertiary/aromatic N) is 2. The quantitative estimate of drug-likeness (QED) is 0.197. The fourth-order valence-electron chi connectivity index (χ4n) is 3.36. The molecule has 0 aliphatic rings. The number of rotatable bonds is 10. The highest BCUT2D eigenvalue weighted by Gasteiger charge is 2.22. The van der Waals surface area contributed by atoms with E-state index in [1.54, 1.807) is 26.0 Å². The van der Waals surface area contributed by atoms with Gasteiger partial charge in [-0.25, -0.2) is 8.42 Å². The van der Waals surface area contributed by atoms with Gasteiger partial charge in [-0.2, -0.15) is 13.9 Å². The van der Waals surface area contributed by atoms with E-state index in [9.17, 15) is 27.3 Å². The molecule has 0 bridgehead atoms. The maximum atomic E-state index is 12.9.